The summed E-state index contributed by atoms with van der Waals surface area (Å²) in [7, 11) is 0. The molecule has 1 fully saturated rings. The first-order valence-corrected chi connectivity index (χ1v) is 7.68. The van der Waals surface area contributed by atoms with Crippen LogP contribution in [0, 0.1) is 5.82 Å². The summed E-state index contributed by atoms with van der Waals surface area (Å²) in [5, 5.41) is 4.75. The van der Waals surface area contributed by atoms with Gasteiger partial charge in [0.05, 0.1) is 0 Å². The van der Waals surface area contributed by atoms with E-state index in [9.17, 15) is 18.8 Å². The minimum atomic E-state index is -0.843. The second-order valence-corrected chi connectivity index (χ2v) is 5.38. The van der Waals surface area contributed by atoms with Crippen LogP contribution in [0.3, 0.4) is 0 Å². The first-order chi connectivity index (χ1) is 11.5. The third kappa shape index (κ3) is 5.86. The third-order valence-corrected chi connectivity index (χ3v) is 3.49. The zero-order valence-electron chi connectivity index (χ0n) is 13.0. The summed E-state index contributed by atoms with van der Waals surface area (Å²) in [6.45, 7) is -1.15. The lowest BCUT2D eigenvalue weighted by atomic mass is 10.2. The molecule has 1 saturated carbocycles. The molecule has 0 unspecified atom stereocenters. The molecule has 1 aliphatic carbocycles. The second kappa shape index (κ2) is 8.85. The Morgan fingerprint density at radius 1 is 1.12 bits per heavy atom. The number of hydrogen-bond acceptors (Lipinski definition) is 5. The van der Waals surface area contributed by atoms with Crippen molar-refractivity contribution in [1.82, 2.24) is 10.6 Å². The Hall–Kier alpha value is -2.64. The maximum absolute atomic E-state index is 13.3. The minimum Gasteiger partial charge on any atom is -0.479 e. The van der Waals surface area contributed by atoms with Crippen molar-refractivity contribution in [2.75, 3.05) is 13.2 Å². The van der Waals surface area contributed by atoms with E-state index in [-0.39, 0.29) is 11.8 Å². The molecule has 0 heterocycles. The van der Waals surface area contributed by atoms with Crippen LogP contribution in [0.5, 0.6) is 5.75 Å². The Morgan fingerprint density at radius 2 is 1.83 bits per heavy atom. The molecule has 7 nitrogen and oxygen atoms in total. The Morgan fingerprint density at radius 3 is 2.54 bits per heavy atom. The number of carbonyl (C=O) groups excluding carboxylic acids is 3. The lowest BCUT2D eigenvalue weighted by Gasteiger charge is -2.12. The van der Waals surface area contributed by atoms with Crippen LogP contribution in [0.2, 0.25) is 0 Å². The first-order valence-electron chi connectivity index (χ1n) is 7.68. The Bertz CT molecular complexity index is 602. The molecule has 8 heteroatoms. The molecule has 0 aliphatic heterocycles. The number of benzene rings is 1. The molecule has 0 atom stereocenters. The van der Waals surface area contributed by atoms with Crippen molar-refractivity contribution in [1.29, 1.82) is 0 Å². The number of para-hydroxylation sites is 1. The lowest BCUT2D eigenvalue weighted by molar-refractivity contribution is -0.150. The molecule has 2 rings (SSSR count). The first kappa shape index (κ1) is 17.7. The van der Waals surface area contributed by atoms with Crippen LogP contribution < -0.4 is 15.4 Å². The maximum Gasteiger partial charge on any atom is 0.344 e. The highest BCUT2D eigenvalue weighted by molar-refractivity contribution is 5.95. The molecule has 0 aromatic heterocycles. The molecule has 1 aromatic rings. The highest BCUT2D eigenvalue weighted by atomic mass is 19.1. The van der Waals surface area contributed by atoms with Crippen LogP contribution in [-0.2, 0) is 14.3 Å². The fourth-order valence-electron chi connectivity index (χ4n) is 2.34. The fourth-order valence-corrected chi connectivity index (χ4v) is 2.34. The lowest BCUT2D eigenvalue weighted by Crippen LogP contribution is -2.45. The van der Waals surface area contributed by atoms with Crippen LogP contribution in [0.1, 0.15) is 25.7 Å². The molecule has 1 aliphatic rings. The van der Waals surface area contributed by atoms with E-state index in [1.165, 1.54) is 18.2 Å². The minimum absolute atomic E-state index is 0.0783. The number of imide groups is 1. The van der Waals surface area contributed by atoms with E-state index in [2.05, 4.69) is 15.4 Å². The number of halogens is 1. The van der Waals surface area contributed by atoms with Crippen molar-refractivity contribution in [2.24, 2.45) is 0 Å². The molecule has 130 valence electrons. The van der Waals surface area contributed by atoms with Gasteiger partial charge in [0, 0.05) is 6.04 Å². The third-order valence-electron chi connectivity index (χ3n) is 3.49. The van der Waals surface area contributed by atoms with Crippen molar-refractivity contribution < 1.29 is 28.2 Å². The topological polar surface area (TPSA) is 93.7 Å². The Labute approximate surface area is 138 Å². The van der Waals surface area contributed by atoms with Gasteiger partial charge in [-0.2, -0.15) is 0 Å². The van der Waals surface area contributed by atoms with E-state index in [4.69, 9.17) is 4.74 Å². The van der Waals surface area contributed by atoms with Gasteiger partial charge in [0.25, 0.3) is 5.91 Å². The van der Waals surface area contributed by atoms with E-state index < -0.39 is 36.9 Å². The molecule has 2 N–H and O–H groups in total. The van der Waals surface area contributed by atoms with Gasteiger partial charge < -0.3 is 14.8 Å². The van der Waals surface area contributed by atoms with E-state index in [0.29, 0.717) is 0 Å². The fraction of sp³-hybridized carbons (Fsp3) is 0.438. The summed E-state index contributed by atoms with van der Waals surface area (Å²) >= 11 is 0. The average molecular weight is 338 g/mol. The van der Waals surface area contributed by atoms with E-state index in [1.54, 1.807) is 6.07 Å². The SMILES string of the molecule is O=C(COC(=O)COc1ccccc1F)NC(=O)NC1CCCC1. The zero-order valence-corrected chi connectivity index (χ0v) is 13.0. The van der Waals surface area contributed by atoms with Crippen molar-refractivity contribution >= 4 is 17.9 Å². The van der Waals surface area contributed by atoms with Gasteiger partial charge in [-0.05, 0) is 25.0 Å². The molecule has 0 spiro atoms. The van der Waals surface area contributed by atoms with Crippen LogP contribution >= 0.6 is 0 Å². The predicted octanol–water partition coefficient (Wildman–Crippen LogP) is 1.52. The molecule has 0 bridgehead atoms. The van der Waals surface area contributed by atoms with Crippen molar-refractivity contribution in [3.8, 4) is 5.75 Å². The van der Waals surface area contributed by atoms with Gasteiger partial charge in [0.1, 0.15) is 0 Å². The monoisotopic (exact) mass is 338 g/mol. The van der Waals surface area contributed by atoms with E-state index in [1.807, 2.05) is 0 Å². The number of carbonyl (C=O) groups is 3. The maximum atomic E-state index is 13.3. The number of ether oxygens (including phenoxy) is 2. The van der Waals surface area contributed by atoms with Crippen LogP contribution in [0.4, 0.5) is 9.18 Å². The van der Waals surface area contributed by atoms with Crippen LogP contribution in [-0.4, -0.2) is 37.2 Å². The number of rotatable bonds is 6. The van der Waals surface area contributed by atoms with Gasteiger partial charge in [-0.25, -0.2) is 14.0 Å². The normalized spacial score (nSPS) is 14.0. The largest absolute Gasteiger partial charge is 0.479 e. The van der Waals surface area contributed by atoms with Crippen molar-refractivity contribution in [3.05, 3.63) is 30.1 Å². The number of hydrogen-bond donors (Lipinski definition) is 2. The zero-order chi connectivity index (χ0) is 17.4. The number of amides is 3. The number of nitrogens with one attached hydrogen (secondary N) is 2. The summed E-state index contributed by atoms with van der Waals surface area (Å²) in [5.41, 5.74) is 0. The quantitative estimate of drug-likeness (QED) is 0.767. The Balaban J connectivity index is 1.63. The Kier molecular flexibility index (Phi) is 6.53. The molecular formula is C16H19FN2O5. The summed E-state index contributed by atoms with van der Waals surface area (Å²) in [6.07, 6.45) is 3.89. The summed E-state index contributed by atoms with van der Waals surface area (Å²) in [6, 6.07) is 5.07. The van der Waals surface area contributed by atoms with Gasteiger partial charge in [-0.1, -0.05) is 25.0 Å². The van der Waals surface area contributed by atoms with Crippen molar-refractivity contribution in [3.63, 3.8) is 0 Å². The van der Waals surface area contributed by atoms with Crippen LogP contribution in [0.15, 0.2) is 24.3 Å². The summed E-state index contributed by atoms with van der Waals surface area (Å²) < 4.78 is 22.9. The van der Waals surface area contributed by atoms with E-state index >= 15 is 0 Å². The van der Waals surface area contributed by atoms with Crippen molar-refractivity contribution in [2.45, 2.75) is 31.7 Å². The van der Waals surface area contributed by atoms with Gasteiger partial charge in [0.2, 0.25) is 0 Å². The standard InChI is InChI=1S/C16H19FN2O5/c17-12-7-3-4-8-13(12)23-10-15(21)24-9-14(20)19-16(22)18-11-5-1-2-6-11/h3-4,7-8,11H,1-2,5-6,9-10H2,(H2,18,19,20,22). The number of urea groups is 1. The molecule has 0 radical (unpaired) electrons. The van der Waals surface area contributed by atoms with Crippen LogP contribution in [0.25, 0.3) is 0 Å². The molecule has 24 heavy (non-hydrogen) atoms. The molecule has 1 aromatic carbocycles. The molecule has 3 amide bonds. The second-order valence-electron chi connectivity index (χ2n) is 5.38. The smallest absolute Gasteiger partial charge is 0.344 e. The van der Waals surface area contributed by atoms with Gasteiger partial charge >= 0.3 is 12.0 Å². The molecular weight excluding hydrogens is 319 g/mol. The predicted molar refractivity (Wildman–Crippen MR) is 81.8 cm³/mol. The van der Waals surface area contributed by atoms with Gasteiger partial charge in [-0.15, -0.1) is 0 Å². The summed E-state index contributed by atoms with van der Waals surface area (Å²) in [5.74, 6) is -2.28. The number of esters is 1. The van der Waals surface area contributed by atoms with Gasteiger partial charge in [0.15, 0.2) is 24.8 Å². The molecule has 0 saturated heterocycles. The highest BCUT2D eigenvalue weighted by Gasteiger charge is 2.18. The highest BCUT2D eigenvalue weighted by Crippen LogP contribution is 2.17. The van der Waals surface area contributed by atoms with Gasteiger partial charge in [-0.3, -0.25) is 10.1 Å². The average Bonchev–Trinajstić information content (AvgIpc) is 3.05. The van der Waals surface area contributed by atoms with E-state index in [0.717, 1.165) is 25.7 Å². The summed E-state index contributed by atoms with van der Waals surface area (Å²) in [4.78, 5) is 34.5.